The Kier molecular flexibility index (Phi) is 21.6. The molecule has 15 nitrogen and oxygen atoms in total. The van der Waals surface area contributed by atoms with E-state index < -0.39 is 109 Å². The van der Waals surface area contributed by atoms with Crippen LogP contribution < -0.4 is 0 Å². The summed E-state index contributed by atoms with van der Waals surface area (Å²) in [5.41, 5.74) is 1.22. The largest absolute Gasteiger partial charge is 0.460 e. The third-order valence-electron chi connectivity index (χ3n) is 14.8. The number of aliphatic hydroxyl groups excluding tert-OH is 2. The number of Topliss-reactive ketones (excluding diaryl/α,β-unsaturated/α-hetero) is 3. The number of cyclic esters (lactones) is 1. The van der Waals surface area contributed by atoms with Crippen molar-refractivity contribution in [2.75, 3.05) is 41.0 Å². The summed E-state index contributed by atoms with van der Waals surface area (Å²) in [6.07, 6.45) is 10.1. The number of fused-ring (bicyclic) bond motifs is 3. The number of methoxy groups -OCH3 is 3. The molecule has 2 saturated heterocycles. The number of amides is 1. The van der Waals surface area contributed by atoms with Crippen molar-refractivity contribution in [3.63, 3.8) is 0 Å². The second-order valence-corrected chi connectivity index (χ2v) is 20.0. The average molecular weight is 962 g/mol. The molecule has 15 atom stereocenters. The Hall–Kier alpha value is -3.41. The monoisotopic (exact) mass is 962 g/mol. The van der Waals surface area contributed by atoms with Crippen molar-refractivity contribution in [1.29, 1.82) is 0 Å². The van der Waals surface area contributed by atoms with Crippen molar-refractivity contribution in [3.8, 4) is 0 Å². The summed E-state index contributed by atoms with van der Waals surface area (Å²) in [7, 11) is 4.44. The van der Waals surface area contributed by atoms with E-state index in [2.05, 4.69) is 0 Å². The van der Waals surface area contributed by atoms with E-state index in [4.69, 9.17) is 31.2 Å². The first-order chi connectivity index (χ1) is 33.0. The van der Waals surface area contributed by atoms with Gasteiger partial charge in [0.25, 0.3) is 11.7 Å². The summed E-state index contributed by atoms with van der Waals surface area (Å²) < 4.78 is 51.1. The SMILES string of the molecule is [3H]C([3H])(CO)O[C@@H]1CC[C@@H](C[C@@H](C)[C@@H]2CC(=O)[C@H](C)/C=C(\C)[C@@H](O)[C@@H](OC)C(=O)[C@H](C)C[C@H](C)/C=C/C=C/C=C(\C)[C@@H](OC)C[C@@H]3CC[C@@H](C)[C@@](O)(O3)C(=O)C(=O)N3CCCC[C@H]3C(=O)O2)C[C@H]1OC. The van der Waals surface area contributed by atoms with Gasteiger partial charge in [-0.25, -0.2) is 4.79 Å². The molecule has 4 aliphatic rings. The van der Waals surface area contributed by atoms with Crippen LogP contribution in [0.15, 0.2) is 47.6 Å². The smallest absolute Gasteiger partial charge is 0.329 e. The number of hydrogen-bond acceptors (Lipinski definition) is 14. The summed E-state index contributed by atoms with van der Waals surface area (Å²) in [6.45, 7) is 9.52. The molecule has 15 heteroatoms. The molecule has 3 N–H and O–H groups in total. The summed E-state index contributed by atoms with van der Waals surface area (Å²) in [5, 5.41) is 33.0. The van der Waals surface area contributed by atoms with E-state index >= 15 is 0 Å². The first-order valence-corrected chi connectivity index (χ1v) is 24.8. The molecule has 0 radical (unpaired) electrons. The van der Waals surface area contributed by atoms with Gasteiger partial charge in [0.05, 0.1) is 40.3 Å². The number of carbonyl (C=O) groups excluding carboxylic acids is 5. The van der Waals surface area contributed by atoms with Crippen LogP contribution in [0.25, 0.3) is 0 Å². The van der Waals surface area contributed by atoms with Crippen LogP contribution in [0.5, 0.6) is 0 Å². The van der Waals surface area contributed by atoms with Gasteiger partial charge in [0.2, 0.25) is 5.79 Å². The van der Waals surface area contributed by atoms with Crippen molar-refractivity contribution >= 4 is 29.2 Å². The number of nitrogens with zero attached hydrogens (tertiary/aromatic N) is 1. The van der Waals surface area contributed by atoms with Crippen molar-refractivity contribution in [1.82, 2.24) is 4.90 Å². The minimum absolute atomic E-state index is 0.000205. The number of rotatable bonds is 9. The lowest BCUT2D eigenvalue weighted by Crippen LogP contribution is -2.61. The molecule has 4 rings (SSSR count). The van der Waals surface area contributed by atoms with Crippen LogP contribution >= 0.6 is 0 Å². The fourth-order valence-corrected chi connectivity index (χ4v) is 10.4. The molecule has 3 heterocycles. The zero-order valence-corrected chi connectivity index (χ0v) is 42.2. The molecule has 1 saturated carbocycles. The molecule has 1 amide bonds. The quantitative estimate of drug-likeness (QED) is 0.134. The molecule has 0 aromatic heterocycles. The highest BCUT2D eigenvalue weighted by Crippen LogP contribution is 2.38. The normalized spacial score (nSPS) is 39.8. The number of ketones is 3. The minimum Gasteiger partial charge on any atom is -0.460 e. The number of piperidine rings is 1. The molecule has 1 aliphatic carbocycles. The van der Waals surface area contributed by atoms with Gasteiger partial charge >= 0.3 is 5.97 Å². The van der Waals surface area contributed by atoms with Crippen LogP contribution in [0, 0.1) is 35.5 Å². The van der Waals surface area contributed by atoms with Crippen LogP contribution in [0.1, 0.15) is 128 Å². The molecule has 68 heavy (non-hydrogen) atoms. The van der Waals surface area contributed by atoms with Gasteiger partial charge in [-0.3, -0.25) is 19.2 Å². The van der Waals surface area contributed by atoms with Crippen molar-refractivity contribution in [2.24, 2.45) is 35.5 Å². The molecule has 0 aromatic carbocycles. The first kappa shape index (κ1) is 53.9. The Morgan fingerprint density at radius 3 is 2.29 bits per heavy atom. The average Bonchev–Trinajstić information content (AvgIpc) is 3.33. The van der Waals surface area contributed by atoms with Gasteiger partial charge in [0.1, 0.15) is 30.1 Å². The summed E-state index contributed by atoms with van der Waals surface area (Å²) >= 11 is 0. The molecular formula is C53H83NO14. The zero-order chi connectivity index (χ0) is 52.1. The van der Waals surface area contributed by atoms with Gasteiger partial charge in [-0.05, 0) is 107 Å². The van der Waals surface area contributed by atoms with Crippen molar-refractivity contribution < 1.29 is 70.5 Å². The maximum atomic E-state index is 14.5. The number of allylic oxidation sites excluding steroid dienone is 6. The Labute approximate surface area is 407 Å². The van der Waals surface area contributed by atoms with Crippen LogP contribution in [0.2, 0.25) is 0 Å². The predicted octanol–water partition coefficient (Wildman–Crippen LogP) is 6.20. The maximum absolute atomic E-state index is 14.5. The number of ether oxygens (including phenoxy) is 6. The number of carbonyl (C=O) groups is 5. The van der Waals surface area contributed by atoms with Crippen molar-refractivity contribution in [3.05, 3.63) is 47.6 Å². The zero-order valence-electron chi connectivity index (χ0n) is 44.2. The van der Waals surface area contributed by atoms with Crippen LogP contribution in [0.3, 0.4) is 0 Å². The van der Waals surface area contributed by atoms with Gasteiger partial charge in [0, 0.05) is 58.5 Å². The fourth-order valence-electron chi connectivity index (χ4n) is 10.4. The van der Waals surface area contributed by atoms with Gasteiger partial charge in [-0.2, -0.15) is 0 Å². The van der Waals surface area contributed by atoms with E-state index in [1.807, 2.05) is 51.2 Å². The fraction of sp³-hybridized carbons (Fsp3) is 0.755. The first-order valence-electron chi connectivity index (χ1n) is 25.8. The third-order valence-corrected chi connectivity index (χ3v) is 14.8. The minimum atomic E-state index is -2.46. The van der Waals surface area contributed by atoms with Crippen molar-refractivity contribution in [2.45, 2.75) is 180 Å². The highest BCUT2D eigenvalue weighted by atomic mass is 16.6. The van der Waals surface area contributed by atoms with Crippen LogP contribution in [-0.4, -0.2) is 145 Å². The molecule has 0 aromatic rings. The lowest BCUT2D eigenvalue weighted by atomic mass is 9.78. The van der Waals surface area contributed by atoms with E-state index in [0.29, 0.717) is 69.8 Å². The van der Waals surface area contributed by atoms with Gasteiger partial charge in [-0.1, -0.05) is 71.1 Å². The molecule has 0 unspecified atom stereocenters. The van der Waals surface area contributed by atoms with E-state index in [9.17, 15) is 39.3 Å². The van der Waals surface area contributed by atoms with Crippen LogP contribution in [0.4, 0.5) is 0 Å². The highest BCUT2D eigenvalue weighted by molar-refractivity contribution is 6.39. The molecule has 3 fully saturated rings. The predicted molar refractivity (Wildman–Crippen MR) is 256 cm³/mol. The van der Waals surface area contributed by atoms with E-state index in [1.165, 1.54) is 19.1 Å². The standard InChI is InChI=1S/C53H83NO14/c1-32-16-12-11-13-17-33(2)44(63-8)30-40-21-19-38(7)53(62,68-40)50(59)51(60)54-23-15-14-18-41(54)52(61)67-45(35(4)28-39-20-22-43(66-25-24-55)46(29-39)64-9)31-42(56)34(3)27-37(6)48(58)49(65-10)47(57)36(5)26-32/h11-13,16-17,27,32,34-36,38-41,43-46,48-49,55,58,62H,14-15,18-26,28-31H2,1-10H3/b13-11+,16-12+,33-17+,37-27+/t32-,34-,35-,36-,38-,39+,40+,41+,43-,44+,45+,46-,48-,49+,53-/m1/s1/i25T2. The Morgan fingerprint density at radius 1 is 0.882 bits per heavy atom. The summed E-state index contributed by atoms with van der Waals surface area (Å²) in [5.74, 6) is -8.48. The second-order valence-electron chi connectivity index (χ2n) is 20.0. The Morgan fingerprint density at radius 2 is 1.62 bits per heavy atom. The number of esters is 1. The molecule has 0 spiro atoms. The summed E-state index contributed by atoms with van der Waals surface area (Å²) in [4.78, 5) is 72.2. The molecule has 384 valence electrons. The summed E-state index contributed by atoms with van der Waals surface area (Å²) in [6, 6.07) is -1.19. The third kappa shape index (κ3) is 15.3. The molecule has 2 bridgehead atoms. The Bertz CT molecular complexity index is 1900. The lowest BCUT2D eigenvalue weighted by molar-refractivity contribution is -0.265. The van der Waals surface area contributed by atoms with Crippen LogP contribution in [-0.2, 0) is 52.4 Å². The number of aliphatic hydroxyl groups is 3. The lowest BCUT2D eigenvalue weighted by Gasteiger charge is -2.42. The Balaban J connectivity index is 1.70. The van der Waals surface area contributed by atoms with Gasteiger partial charge in [0.15, 0.2) is 5.78 Å². The second kappa shape index (κ2) is 27.3. The van der Waals surface area contributed by atoms with E-state index in [-0.39, 0.29) is 42.8 Å². The highest BCUT2D eigenvalue weighted by Gasteiger charge is 2.53. The number of hydrogen-bond donors (Lipinski definition) is 3. The van der Waals surface area contributed by atoms with Gasteiger partial charge < -0.3 is 48.6 Å². The van der Waals surface area contributed by atoms with E-state index in [0.717, 1.165) is 5.57 Å². The topological polar surface area (TPSA) is 205 Å². The molecule has 3 aliphatic heterocycles. The van der Waals surface area contributed by atoms with Gasteiger partial charge in [-0.15, -0.1) is 0 Å². The van der Waals surface area contributed by atoms with E-state index in [1.54, 1.807) is 40.9 Å². The molecular weight excluding hydrogens is 875 g/mol. The maximum Gasteiger partial charge on any atom is 0.329 e.